The molecule has 0 bridgehead atoms. The van der Waals surface area contributed by atoms with Crippen LogP contribution in [-0.4, -0.2) is 27.7 Å². The molecule has 0 radical (unpaired) electrons. The lowest BCUT2D eigenvalue weighted by atomic mass is 10.1. The maximum absolute atomic E-state index is 13.2. The molecule has 0 saturated heterocycles. The fraction of sp³-hybridized carbons (Fsp3) is 0.375. The molecule has 0 saturated carbocycles. The Bertz CT molecular complexity index is 751. The first-order valence-electron chi connectivity index (χ1n) is 7.65. The van der Waals surface area contributed by atoms with E-state index in [1.54, 1.807) is 0 Å². The predicted octanol–water partition coefficient (Wildman–Crippen LogP) is 4.97. The fourth-order valence-electron chi connectivity index (χ4n) is 2.08. The molecule has 0 aliphatic carbocycles. The van der Waals surface area contributed by atoms with Crippen LogP contribution in [0, 0.1) is 5.92 Å². The number of aromatic nitrogens is 2. The van der Waals surface area contributed by atoms with Crippen LogP contribution >= 0.6 is 23.2 Å². The van der Waals surface area contributed by atoms with Gasteiger partial charge >= 0.3 is 6.18 Å². The number of rotatable bonds is 6. The standard InChI is InChI=1S/C16H17Cl2F3N4O/c1-8(2)12(7-26)23-15-24-13(16(19,20)21)6-14(25-15)22-11-4-9(17)3-10(18)5-11/h3-6,8,12,26H,7H2,1-2H3,(H2,22,23,24,25)/t12-/m1/s1. The van der Waals surface area contributed by atoms with Crippen molar-refractivity contribution in [1.82, 2.24) is 9.97 Å². The second kappa shape index (κ2) is 8.28. The molecule has 0 spiro atoms. The van der Waals surface area contributed by atoms with Gasteiger partial charge in [-0.1, -0.05) is 37.0 Å². The molecule has 5 nitrogen and oxygen atoms in total. The van der Waals surface area contributed by atoms with Crippen LogP contribution in [0.2, 0.25) is 10.0 Å². The molecule has 0 aliphatic heterocycles. The number of aliphatic hydroxyl groups is 1. The number of halogens is 5. The molecule has 3 N–H and O–H groups in total. The first-order chi connectivity index (χ1) is 12.1. The van der Waals surface area contributed by atoms with Gasteiger partial charge in [-0.05, 0) is 24.1 Å². The Balaban J connectivity index is 2.39. The number of benzene rings is 1. The highest BCUT2D eigenvalue weighted by atomic mass is 35.5. The third-order valence-electron chi connectivity index (χ3n) is 3.47. The Kier molecular flexibility index (Phi) is 6.54. The van der Waals surface area contributed by atoms with Crippen LogP contribution in [0.25, 0.3) is 0 Å². The number of aliphatic hydroxyl groups excluding tert-OH is 1. The van der Waals surface area contributed by atoms with Crippen LogP contribution in [0.4, 0.5) is 30.6 Å². The minimum atomic E-state index is -4.66. The highest BCUT2D eigenvalue weighted by Crippen LogP contribution is 2.31. The minimum absolute atomic E-state index is 0.0405. The maximum atomic E-state index is 13.2. The largest absolute Gasteiger partial charge is 0.433 e. The average Bonchev–Trinajstić information content (AvgIpc) is 2.50. The zero-order chi connectivity index (χ0) is 19.5. The van der Waals surface area contributed by atoms with E-state index in [4.69, 9.17) is 23.2 Å². The van der Waals surface area contributed by atoms with E-state index in [2.05, 4.69) is 20.6 Å². The van der Waals surface area contributed by atoms with E-state index in [0.29, 0.717) is 15.7 Å². The lowest BCUT2D eigenvalue weighted by Crippen LogP contribution is -2.30. The summed E-state index contributed by atoms with van der Waals surface area (Å²) in [6, 6.07) is 4.79. The van der Waals surface area contributed by atoms with Crippen LogP contribution in [-0.2, 0) is 6.18 Å². The first kappa shape index (κ1) is 20.5. The van der Waals surface area contributed by atoms with Crippen LogP contribution in [0.3, 0.4) is 0 Å². The molecule has 2 aromatic rings. The highest BCUT2D eigenvalue weighted by Gasteiger charge is 2.34. The molecular weight excluding hydrogens is 392 g/mol. The van der Waals surface area contributed by atoms with E-state index in [0.717, 1.165) is 6.07 Å². The van der Waals surface area contributed by atoms with Crippen LogP contribution in [0.15, 0.2) is 24.3 Å². The number of anilines is 3. The van der Waals surface area contributed by atoms with Crippen molar-refractivity contribution >= 4 is 40.7 Å². The molecule has 1 atom stereocenters. The molecule has 0 amide bonds. The van der Waals surface area contributed by atoms with Crippen molar-refractivity contribution in [3.63, 3.8) is 0 Å². The SMILES string of the molecule is CC(C)[C@@H](CO)Nc1nc(Nc2cc(Cl)cc(Cl)c2)cc(C(F)(F)F)n1. The molecule has 0 aliphatic rings. The molecular formula is C16H17Cl2F3N4O. The number of alkyl halides is 3. The van der Waals surface area contributed by atoms with Gasteiger partial charge in [0, 0.05) is 21.8 Å². The summed E-state index contributed by atoms with van der Waals surface area (Å²) in [5.41, 5.74) is -0.742. The van der Waals surface area contributed by atoms with Gasteiger partial charge in [0.1, 0.15) is 5.82 Å². The molecule has 0 unspecified atom stereocenters. The maximum Gasteiger partial charge on any atom is 0.433 e. The van der Waals surface area contributed by atoms with Gasteiger partial charge in [0.05, 0.1) is 12.6 Å². The molecule has 1 aromatic heterocycles. The fourth-order valence-corrected chi connectivity index (χ4v) is 2.61. The van der Waals surface area contributed by atoms with E-state index < -0.39 is 17.9 Å². The smallest absolute Gasteiger partial charge is 0.394 e. The topological polar surface area (TPSA) is 70.1 Å². The Morgan fingerprint density at radius 2 is 1.69 bits per heavy atom. The van der Waals surface area contributed by atoms with Crippen molar-refractivity contribution in [2.45, 2.75) is 26.1 Å². The van der Waals surface area contributed by atoms with E-state index >= 15 is 0 Å². The van der Waals surface area contributed by atoms with Crippen molar-refractivity contribution in [3.8, 4) is 0 Å². The Hall–Kier alpha value is -1.77. The van der Waals surface area contributed by atoms with Gasteiger partial charge in [0.2, 0.25) is 5.95 Å². The summed E-state index contributed by atoms with van der Waals surface area (Å²) in [7, 11) is 0. The van der Waals surface area contributed by atoms with E-state index in [9.17, 15) is 18.3 Å². The van der Waals surface area contributed by atoms with Gasteiger partial charge in [-0.15, -0.1) is 0 Å². The Morgan fingerprint density at radius 3 is 2.19 bits per heavy atom. The second-order valence-corrected chi connectivity index (χ2v) is 6.79. The molecule has 26 heavy (non-hydrogen) atoms. The van der Waals surface area contributed by atoms with Crippen molar-refractivity contribution in [1.29, 1.82) is 0 Å². The van der Waals surface area contributed by atoms with Crippen LogP contribution in [0.5, 0.6) is 0 Å². The quantitative estimate of drug-likeness (QED) is 0.628. The highest BCUT2D eigenvalue weighted by molar-refractivity contribution is 6.35. The molecule has 2 rings (SSSR count). The zero-order valence-corrected chi connectivity index (χ0v) is 15.4. The summed E-state index contributed by atoms with van der Waals surface area (Å²) in [6.07, 6.45) is -4.66. The summed E-state index contributed by atoms with van der Waals surface area (Å²) < 4.78 is 39.5. The van der Waals surface area contributed by atoms with Crippen molar-refractivity contribution < 1.29 is 18.3 Å². The lowest BCUT2D eigenvalue weighted by Gasteiger charge is -2.21. The van der Waals surface area contributed by atoms with Crippen LogP contribution < -0.4 is 10.6 Å². The molecule has 1 heterocycles. The van der Waals surface area contributed by atoms with E-state index in [1.165, 1.54) is 18.2 Å². The number of hydrogen-bond donors (Lipinski definition) is 3. The first-order valence-corrected chi connectivity index (χ1v) is 8.41. The summed E-state index contributed by atoms with van der Waals surface area (Å²) in [5, 5.41) is 15.5. The van der Waals surface area contributed by atoms with Gasteiger partial charge in [-0.25, -0.2) is 4.98 Å². The normalized spacial score (nSPS) is 13.0. The average molecular weight is 409 g/mol. The Labute approximate surface area is 158 Å². The third kappa shape index (κ3) is 5.62. The third-order valence-corrected chi connectivity index (χ3v) is 3.90. The number of hydrogen-bond acceptors (Lipinski definition) is 5. The van der Waals surface area contributed by atoms with Crippen molar-refractivity contribution in [2.24, 2.45) is 5.92 Å². The van der Waals surface area contributed by atoms with Crippen LogP contribution in [0.1, 0.15) is 19.5 Å². The summed E-state index contributed by atoms with van der Waals surface area (Å²) in [6.45, 7) is 3.35. The summed E-state index contributed by atoms with van der Waals surface area (Å²) in [4.78, 5) is 7.54. The molecule has 1 aromatic carbocycles. The van der Waals surface area contributed by atoms with Crippen molar-refractivity contribution in [2.75, 3.05) is 17.2 Å². The van der Waals surface area contributed by atoms with E-state index in [-0.39, 0.29) is 24.3 Å². The Morgan fingerprint density at radius 1 is 1.08 bits per heavy atom. The number of nitrogens with one attached hydrogen (secondary N) is 2. The van der Waals surface area contributed by atoms with E-state index in [1.807, 2.05) is 13.8 Å². The van der Waals surface area contributed by atoms with Gasteiger partial charge in [-0.3, -0.25) is 0 Å². The minimum Gasteiger partial charge on any atom is -0.394 e. The molecule has 142 valence electrons. The predicted molar refractivity (Wildman–Crippen MR) is 96.1 cm³/mol. The number of nitrogens with zero attached hydrogens (tertiary/aromatic N) is 2. The van der Waals surface area contributed by atoms with Gasteiger partial charge in [0.25, 0.3) is 0 Å². The van der Waals surface area contributed by atoms with Gasteiger partial charge in [-0.2, -0.15) is 18.2 Å². The molecule has 10 heteroatoms. The zero-order valence-electron chi connectivity index (χ0n) is 13.9. The van der Waals surface area contributed by atoms with Gasteiger partial charge < -0.3 is 15.7 Å². The van der Waals surface area contributed by atoms with Gasteiger partial charge in [0.15, 0.2) is 5.69 Å². The summed E-state index contributed by atoms with van der Waals surface area (Å²) >= 11 is 11.8. The lowest BCUT2D eigenvalue weighted by molar-refractivity contribution is -0.141. The monoisotopic (exact) mass is 408 g/mol. The summed E-state index contributed by atoms with van der Waals surface area (Å²) in [5.74, 6) is -0.377. The second-order valence-electron chi connectivity index (χ2n) is 5.92. The van der Waals surface area contributed by atoms with Crippen molar-refractivity contribution in [3.05, 3.63) is 40.0 Å². The molecule has 0 fully saturated rings.